The van der Waals surface area contributed by atoms with Crippen LogP contribution in [0.1, 0.15) is 130 Å². The zero-order chi connectivity index (χ0) is 51.2. The van der Waals surface area contributed by atoms with Gasteiger partial charge in [0.25, 0.3) is 11.8 Å². The molecule has 0 aromatic heterocycles. The summed E-state index contributed by atoms with van der Waals surface area (Å²) in [7, 11) is 1.21. The van der Waals surface area contributed by atoms with Crippen LogP contribution >= 0.6 is 15.9 Å². The van der Waals surface area contributed by atoms with Gasteiger partial charge in [0, 0.05) is 18.7 Å². The Kier molecular flexibility index (Phi) is 17.1. The lowest BCUT2D eigenvalue weighted by Gasteiger charge is -2.44. The van der Waals surface area contributed by atoms with Gasteiger partial charge in [0.15, 0.2) is 4.62 Å². The van der Waals surface area contributed by atoms with Crippen molar-refractivity contribution < 1.29 is 47.5 Å². The van der Waals surface area contributed by atoms with Crippen molar-refractivity contribution in [3.8, 4) is 0 Å². The highest BCUT2D eigenvalue weighted by Crippen LogP contribution is 2.48. The van der Waals surface area contributed by atoms with Crippen LogP contribution in [0.2, 0.25) is 0 Å². The van der Waals surface area contributed by atoms with Crippen LogP contribution in [0.15, 0.2) is 107 Å². The van der Waals surface area contributed by atoms with Crippen LogP contribution in [0.4, 0.5) is 8.78 Å². The molecule has 2 fully saturated rings. The van der Waals surface area contributed by atoms with Gasteiger partial charge >= 0.3 is 19.1 Å². The van der Waals surface area contributed by atoms with Crippen molar-refractivity contribution in [2.45, 2.75) is 117 Å². The number of methoxy groups -OCH3 is 2. The van der Waals surface area contributed by atoms with Gasteiger partial charge in [-0.1, -0.05) is 77.9 Å². The first-order valence-electron chi connectivity index (χ1n) is 23.7. The Morgan fingerprint density at radius 1 is 0.629 bits per heavy atom. The third-order valence-corrected chi connectivity index (χ3v) is 14.8. The minimum atomic E-state index is -1.51. The summed E-state index contributed by atoms with van der Waals surface area (Å²) in [6, 6.07) is 25.3. The maximum Gasteiger partial charge on any atom is 0.488 e. The van der Waals surface area contributed by atoms with Gasteiger partial charge in [0.1, 0.15) is 28.7 Å². The minimum Gasteiger partial charge on any atom is -0.465 e. The SMILES string of the molecule is COC(=O)c1ccc(CN2C(=O)C(Br)=NC23CCC(C(C)(C)C)CC3)cc1.COC(=O)c1ccc(CN2C(=O)C(c3ccc(F)cc3)=NC23CCC(C(C)(C)C)CC3)cc1.OB(O)c1ccc(F)cc1. The number of aliphatic imine (C=N–C) groups is 2. The van der Waals surface area contributed by atoms with E-state index < -0.39 is 24.4 Å². The van der Waals surface area contributed by atoms with Gasteiger partial charge in [-0.2, -0.15) is 0 Å². The lowest BCUT2D eigenvalue weighted by Crippen LogP contribution is -2.49. The molecule has 0 radical (unpaired) electrons. The molecule has 70 heavy (non-hydrogen) atoms. The topological polar surface area (TPSA) is 158 Å². The van der Waals surface area contributed by atoms with E-state index in [1.54, 1.807) is 36.4 Å². The Labute approximate surface area is 418 Å². The molecule has 372 valence electrons. The molecule has 2 N–H and O–H groups in total. The van der Waals surface area contributed by atoms with E-state index in [0.717, 1.165) is 62.5 Å². The van der Waals surface area contributed by atoms with Crippen LogP contribution in [0.25, 0.3) is 0 Å². The lowest BCUT2D eigenvalue weighted by atomic mass is 9.69. The van der Waals surface area contributed by atoms with Crippen molar-refractivity contribution in [1.82, 2.24) is 9.80 Å². The quantitative estimate of drug-likeness (QED) is 0.131. The number of hydrogen-bond acceptors (Lipinski definition) is 10. The highest BCUT2D eigenvalue weighted by atomic mass is 79.9. The Morgan fingerprint density at radius 3 is 1.37 bits per heavy atom. The molecular formula is C54H64BBrF2N4O8. The summed E-state index contributed by atoms with van der Waals surface area (Å²) in [6.45, 7) is 14.5. The second-order valence-electron chi connectivity index (χ2n) is 20.7. The second kappa shape index (κ2) is 22.2. The van der Waals surface area contributed by atoms with Crippen molar-refractivity contribution in [2.24, 2.45) is 32.7 Å². The summed E-state index contributed by atoms with van der Waals surface area (Å²) in [5.41, 5.74) is 3.66. The summed E-state index contributed by atoms with van der Waals surface area (Å²) in [5, 5.41) is 17.1. The molecule has 4 aliphatic rings. The van der Waals surface area contributed by atoms with Crippen molar-refractivity contribution in [2.75, 3.05) is 14.2 Å². The first-order chi connectivity index (χ1) is 33.0. The summed E-state index contributed by atoms with van der Waals surface area (Å²) < 4.78 is 35.6. The highest BCUT2D eigenvalue weighted by Gasteiger charge is 2.51. The van der Waals surface area contributed by atoms with Crippen molar-refractivity contribution in [1.29, 1.82) is 0 Å². The molecule has 0 bridgehead atoms. The standard InChI is InChI=1S/C27H31FN2O3.C21H27BrN2O3.C6H6BFO2/c1-26(2,3)21-13-15-27(16-14-21)29-23(19-9-11-22(28)12-10-19)24(31)30(27)17-18-5-7-20(8-6-18)25(32)33-4;1-20(2,3)16-9-11-21(12-10-16)23-17(22)18(25)24(21)13-14-5-7-15(8-6-14)19(26)27-4;8-6-3-1-5(2-4-6)7(9)10/h5-12,21H,13-17H2,1-4H3;5-8,16H,9-13H2,1-4H3;1-4,9-10H. The zero-order valence-corrected chi connectivity index (χ0v) is 42.9. The number of halogens is 3. The molecule has 0 saturated heterocycles. The molecule has 8 rings (SSSR count). The highest BCUT2D eigenvalue weighted by molar-refractivity contribution is 9.19. The number of nitrogens with zero attached hydrogens (tertiary/aromatic N) is 4. The van der Waals surface area contributed by atoms with Crippen LogP contribution in [-0.4, -0.2) is 86.6 Å². The van der Waals surface area contributed by atoms with E-state index in [1.807, 2.05) is 34.1 Å². The number of esters is 2. The predicted molar refractivity (Wildman–Crippen MR) is 270 cm³/mol. The maximum absolute atomic E-state index is 13.6. The summed E-state index contributed by atoms with van der Waals surface area (Å²) in [5.74, 6) is -0.440. The fourth-order valence-corrected chi connectivity index (χ4v) is 10.4. The average molecular weight is 1030 g/mol. The normalized spacial score (nSPS) is 22.1. The van der Waals surface area contributed by atoms with E-state index in [9.17, 15) is 28.0 Å². The Bertz CT molecular complexity index is 2540. The van der Waals surface area contributed by atoms with Gasteiger partial charge in [-0.15, -0.1) is 0 Å². The summed E-state index contributed by atoms with van der Waals surface area (Å²) in [6.07, 6.45) is 7.49. The summed E-state index contributed by atoms with van der Waals surface area (Å²) in [4.78, 5) is 63.3. The molecule has 16 heteroatoms. The van der Waals surface area contributed by atoms with E-state index in [2.05, 4.69) is 57.5 Å². The molecule has 0 atom stereocenters. The number of ether oxygens (including phenoxy) is 2. The van der Waals surface area contributed by atoms with Gasteiger partial charge in [-0.25, -0.2) is 23.4 Å². The molecule has 2 spiro atoms. The largest absolute Gasteiger partial charge is 0.488 e. The third-order valence-electron chi connectivity index (χ3n) is 14.2. The second-order valence-corrected chi connectivity index (χ2v) is 21.5. The molecule has 2 heterocycles. The van der Waals surface area contributed by atoms with Crippen molar-refractivity contribution in [3.05, 3.63) is 137 Å². The maximum atomic E-state index is 13.6. The Balaban J connectivity index is 0.000000194. The van der Waals surface area contributed by atoms with Gasteiger partial charge < -0.3 is 29.3 Å². The van der Waals surface area contributed by atoms with E-state index in [1.165, 1.54) is 50.6 Å². The number of hydrogen-bond donors (Lipinski definition) is 2. The van der Waals surface area contributed by atoms with Gasteiger partial charge in [-0.05, 0) is 167 Å². The van der Waals surface area contributed by atoms with E-state index in [4.69, 9.17) is 29.5 Å². The molecule has 2 saturated carbocycles. The van der Waals surface area contributed by atoms with Gasteiger partial charge in [-0.3, -0.25) is 14.6 Å². The lowest BCUT2D eigenvalue weighted by molar-refractivity contribution is -0.131. The van der Waals surface area contributed by atoms with Gasteiger partial charge in [0.2, 0.25) is 0 Å². The number of carbonyl (C=O) groups is 4. The molecule has 12 nitrogen and oxygen atoms in total. The fraction of sp³-hybridized carbons (Fsp3) is 0.444. The molecule has 2 amide bonds. The van der Waals surface area contributed by atoms with E-state index in [-0.39, 0.29) is 40.2 Å². The van der Waals surface area contributed by atoms with E-state index >= 15 is 0 Å². The summed E-state index contributed by atoms with van der Waals surface area (Å²) >= 11 is 3.36. The predicted octanol–water partition coefficient (Wildman–Crippen LogP) is 9.42. The van der Waals surface area contributed by atoms with Crippen LogP contribution in [0.3, 0.4) is 0 Å². The molecule has 4 aromatic rings. The molecular weight excluding hydrogens is 961 g/mol. The average Bonchev–Trinajstić information content (AvgIpc) is 3.72. The molecule has 0 unspecified atom stereocenters. The third kappa shape index (κ3) is 12.7. The van der Waals surface area contributed by atoms with Crippen LogP contribution in [-0.2, 0) is 32.2 Å². The number of carbonyl (C=O) groups excluding carboxylic acids is 4. The minimum absolute atomic E-state index is 0.0544. The fourth-order valence-electron chi connectivity index (χ4n) is 9.84. The Hall–Kier alpha value is -5.58. The zero-order valence-electron chi connectivity index (χ0n) is 41.3. The first kappa shape index (κ1) is 53.8. The molecule has 4 aromatic carbocycles. The van der Waals surface area contributed by atoms with E-state index in [0.29, 0.717) is 57.4 Å². The number of benzene rings is 4. The number of amides is 2. The van der Waals surface area contributed by atoms with Crippen molar-refractivity contribution in [3.63, 3.8) is 0 Å². The first-order valence-corrected chi connectivity index (χ1v) is 24.5. The number of rotatable bonds is 8. The molecule has 2 aliphatic carbocycles. The van der Waals surface area contributed by atoms with Crippen LogP contribution < -0.4 is 5.46 Å². The Morgan fingerprint density at radius 2 is 1.00 bits per heavy atom. The van der Waals surface area contributed by atoms with Gasteiger partial charge in [0.05, 0.1) is 25.3 Å². The monoisotopic (exact) mass is 1020 g/mol. The smallest absolute Gasteiger partial charge is 0.465 e. The van der Waals surface area contributed by atoms with Crippen LogP contribution in [0, 0.1) is 34.3 Å². The van der Waals surface area contributed by atoms with Crippen LogP contribution in [0.5, 0.6) is 0 Å². The van der Waals surface area contributed by atoms with Crippen molar-refractivity contribution >= 4 is 62.6 Å². The molecule has 2 aliphatic heterocycles.